The van der Waals surface area contributed by atoms with E-state index in [9.17, 15) is 0 Å². The molecule has 1 aliphatic rings. The van der Waals surface area contributed by atoms with Crippen LogP contribution in [0.2, 0.25) is 5.02 Å². The average molecular weight is 204 g/mol. The van der Waals surface area contributed by atoms with Crippen LogP contribution in [0, 0.1) is 0 Å². The van der Waals surface area contributed by atoms with Crippen LogP contribution in [0.25, 0.3) is 0 Å². The fourth-order valence-electron chi connectivity index (χ4n) is 1.24. The lowest BCUT2D eigenvalue weighted by Gasteiger charge is -2.04. The fraction of sp³-hybridized carbons (Fsp3) is 0.0833. The molecule has 1 aromatic carbocycles. The van der Waals surface area contributed by atoms with Crippen molar-refractivity contribution in [3.63, 3.8) is 0 Å². The Morgan fingerprint density at radius 2 is 2.00 bits per heavy atom. The van der Waals surface area contributed by atoms with Crippen molar-refractivity contribution in [2.75, 3.05) is 11.9 Å². The molecule has 0 amide bonds. The van der Waals surface area contributed by atoms with Gasteiger partial charge in [-0.2, -0.15) is 0 Å². The Bertz CT molecular complexity index is 408. The number of benzene rings is 1. The molecule has 0 saturated heterocycles. The van der Waals surface area contributed by atoms with Gasteiger partial charge in [-0.3, -0.25) is 0 Å². The maximum Gasteiger partial charge on any atom is 0.0473 e. The number of hydrogen-bond acceptors (Lipinski definition) is 1. The van der Waals surface area contributed by atoms with Crippen molar-refractivity contribution in [3.8, 4) is 0 Å². The van der Waals surface area contributed by atoms with Crippen molar-refractivity contribution >= 4 is 17.3 Å². The quantitative estimate of drug-likeness (QED) is 0.743. The molecule has 1 nitrogen and oxygen atoms in total. The second kappa shape index (κ2) is 4.19. The molecule has 14 heavy (non-hydrogen) atoms. The monoisotopic (exact) mass is 203 g/mol. The number of rotatable bonds is 3. The lowest BCUT2D eigenvalue weighted by atomic mass is 10.2. The van der Waals surface area contributed by atoms with Crippen LogP contribution in [-0.2, 0) is 0 Å². The molecule has 0 heterocycles. The zero-order valence-electron chi connectivity index (χ0n) is 7.63. The maximum absolute atomic E-state index is 5.78. The van der Waals surface area contributed by atoms with Gasteiger partial charge < -0.3 is 5.32 Å². The summed E-state index contributed by atoms with van der Waals surface area (Å²) in [5.41, 5.74) is 5.37. The highest BCUT2D eigenvalue weighted by atomic mass is 35.5. The minimum absolute atomic E-state index is 0.760. The third kappa shape index (κ3) is 2.29. The van der Waals surface area contributed by atoms with Gasteiger partial charge in [-0.15, -0.1) is 5.73 Å². The first kappa shape index (κ1) is 9.14. The first-order valence-electron chi connectivity index (χ1n) is 4.46. The van der Waals surface area contributed by atoms with Gasteiger partial charge in [0.25, 0.3) is 0 Å². The maximum atomic E-state index is 5.78. The SMILES string of the molecule is Clc1ccc(NCC2=C=CC=C2)cc1. The van der Waals surface area contributed by atoms with Gasteiger partial charge in [-0.05, 0) is 36.4 Å². The lowest BCUT2D eigenvalue weighted by molar-refractivity contribution is 1.27. The van der Waals surface area contributed by atoms with E-state index < -0.39 is 0 Å². The van der Waals surface area contributed by atoms with E-state index in [1.807, 2.05) is 42.5 Å². The highest BCUT2D eigenvalue weighted by Crippen LogP contribution is 2.14. The summed E-state index contributed by atoms with van der Waals surface area (Å²) in [5, 5.41) is 4.04. The molecule has 2 heteroatoms. The van der Waals surface area contributed by atoms with Crippen LogP contribution in [0.4, 0.5) is 5.69 Å². The summed E-state index contributed by atoms with van der Waals surface area (Å²) < 4.78 is 0. The normalized spacial score (nSPS) is 13.1. The van der Waals surface area contributed by atoms with E-state index >= 15 is 0 Å². The van der Waals surface area contributed by atoms with Crippen molar-refractivity contribution in [2.45, 2.75) is 0 Å². The van der Waals surface area contributed by atoms with E-state index in [-0.39, 0.29) is 0 Å². The van der Waals surface area contributed by atoms with Gasteiger partial charge in [0.2, 0.25) is 0 Å². The predicted octanol–water partition coefficient (Wildman–Crippen LogP) is 3.40. The number of hydrogen-bond donors (Lipinski definition) is 1. The molecule has 0 saturated carbocycles. The zero-order valence-corrected chi connectivity index (χ0v) is 8.38. The van der Waals surface area contributed by atoms with E-state index in [0.29, 0.717) is 0 Å². The Morgan fingerprint density at radius 3 is 2.64 bits per heavy atom. The van der Waals surface area contributed by atoms with Crippen molar-refractivity contribution in [1.82, 2.24) is 0 Å². The number of nitrogens with one attached hydrogen (secondary N) is 1. The molecule has 70 valence electrons. The van der Waals surface area contributed by atoms with Crippen LogP contribution < -0.4 is 5.32 Å². The fourth-order valence-corrected chi connectivity index (χ4v) is 1.37. The van der Waals surface area contributed by atoms with Gasteiger partial charge in [0.1, 0.15) is 0 Å². The van der Waals surface area contributed by atoms with Gasteiger partial charge in [-0.25, -0.2) is 0 Å². The largest absolute Gasteiger partial charge is 0.380 e. The summed E-state index contributed by atoms with van der Waals surface area (Å²) in [5.74, 6) is 0. The topological polar surface area (TPSA) is 12.0 Å². The van der Waals surface area contributed by atoms with Crippen LogP contribution in [0.15, 0.2) is 53.8 Å². The van der Waals surface area contributed by atoms with Crippen LogP contribution in [0.3, 0.4) is 0 Å². The van der Waals surface area contributed by atoms with Gasteiger partial charge in [0.05, 0.1) is 0 Å². The molecular formula is C12H10ClN. The summed E-state index contributed by atoms with van der Waals surface area (Å²) in [6.45, 7) is 0.800. The Kier molecular flexibility index (Phi) is 2.73. The lowest BCUT2D eigenvalue weighted by Crippen LogP contribution is -2.01. The minimum Gasteiger partial charge on any atom is -0.380 e. The summed E-state index contributed by atoms with van der Waals surface area (Å²) in [6.07, 6.45) is 5.95. The van der Waals surface area contributed by atoms with E-state index in [1.54, 1.807) is 0 Å². The summed E-state index contributed by atoms with van der Waals surface area (Å²) in [4.78, 5) is 0. The highest BCUT2D eigenvalue weighted by Gasteiger charge is 1.95. The van der Waals surface area contributed by atoms with E-state index in [4.69, 9.17) is 11.6 Å². The second-order valence-corrected chi connectivity index (χ2v) is 3.49. The third-order valence-corrected chi connectivity index (χ3v) is 2.24. The van der Waals surface area contributed by atoms with Crippen LogP contribution in [-0.4, -0.2) is 6.54 Å². The van der Waals surface area contributed by atoms with E-state index in [0.717, 1.165) is 17.3 Å². The zero-order chi connectivity index (χ0) is 9.80. The number of allylic oxidation sites excluding steroid dienone is 1. The van der Waals surface area contributed by atoms with Crippen LogP contribution in [0.1, 0.15) is 0 Å². The van der Waals surface area contributed by atoms with Crippen molar-refractivity contribution in [2.24, 2.45) is 0 Å². The van der Waals surface area contributed by atoms with E-state index in [1.165, 1.54) is 5.57 Å². The Hall–Kier alpha value is -1.43. The van der Waals surface area contributed by atoms with E-state index in [2.05, 4.69) is 11.0 Å². The average Bonchev–Trinajstić information content (AvgIpc) is 2.70. The second-order valence-electron chi connectivity index (χ2n) is 3.06. The highest BCUT2D eigenvalue weighted by molar-refractivity contribution is 6.30. The van der Waals surface area contributed by atoms with Crippen molar-refractivity contribution < 1.29 is 0 Å². The molecule has 1 N–H and O–H groups in total. The first-order valence-corrected chi connectivity index (χ1v) is 4.84. The van der Waals surface area contributed by atoms with Crippen molar-refractivity contribution in [1.29, 1.82) is 0 Å². The minimum atomic E-state index is 0.760. The molecule has 0 radical (unpaired) electrons. The van der Waals surface area contributed by atoms with Crippen LogP contribution >= 0.6 is 11.6 Å². The van der Waals surface area contributed by atoms with Gasteiger partial charge in [-0.1, -0.05) is 17.7 Å². The predicted molar refractivity (Wildman–Crippen MR) is 60.7 cm³/mol. The molecule has 0 aromatic heterocycles. The molecule has 0 spiro atoms. The third-order valence-electron chi connectivity index (χ3n) is 1.99. The number of anilines is 1. The van der Waals surface area contributed by atoms with Gasteiger partial charge in [0, 0.05) is 22.8 Å². The number of halogens is 1. The summed E-state index contributed by atoms with van der Waals surface area (Å²) in [7, 11) is 0. The molecule has 0 fully saturated rings. The van der Waals surface area contributed by atoms with Crippen LogP contribution in [0.5, 0.6) is 0 Å². The molecule has 0 aliphatic heterocycles. The van der Waals surface area contributed by atoms with Crippen molar-refractivity contribution in [3.05, 3.63) is 58.8 Å². The summed E-state index contributed by atoms with van der Waals surface area (Å²) >= 11 is 5.78. The molecule has 2 rings (SSSR count). The van der Waals surface area contributed by atoms with Gasteiger partial charge in [0.15, 0.2) is 0 Å². The molecular weight excluding hydrogens is 194 g/mol. The molecule has 1 aliphatic carbocycles. The van der Waals surface area contributed by atoms with Gasteiger partial charge >= 0.3 is 0 Å². The first-order chi connectivity index (χ1) is 6.84. The Labute approximate surface area is 88.4 Å². The molecule has 0 bridgehead atoms. The smallest absolute Gasteiger partial charge is 0.0473 e. The molecule has 0 unspecified atom stereocenters. The molecule has 1 aromatic rings. The molecule has 0 atom stereocenters. The summed E-state index contributed by atoms with van der Waals surface area (Å²) in [6, 6.07) is 7.67. The Morgan fingerprint density at radius 1 is 1.21 bits per heavy atom. The Balaban J connectivity index is 1.95. The standard InChI is InChI=1S/C12H10ClN/c13-11-5-7-12(8-6-11)14-9-10-3-1-2-4-10/h1-3,5-8,14H,9H2.